The van der Waals surface area contributed by atoms with Gasteiger partial charge in [0, 0.05) is 70.7 Å². The summed E-state index contributed by atoms with van der Waals surface area (Å²) in [5.74, 6) is 4.14. The third-order valence-corrected chi connectivity index (χ3v) is 16.2. The number of Topliss-reactive ketones (excluding diaryl/α,β-unsaturated/α-hetero) is 1. The molecule has 1 aromatic heterocycles. The molecule has 308 valence electrons. The third kappa shape index (κ3) is 8.08. The number of carbonyl (C=O) groups is 2. The number of fused-ring (bicyclic) bond motifs is 8. The lowest BCUT2D eigenvalue weighted by molar-refractivity contribution is -0.705. The molecule has 0 saturated carbocycles. The first-order valence-corrected chi connectivity index (χ1v) is 24.3. The molecule has 4 aromatic carbocycles. The average Bonchev–Trinajstić information content (AvgIpc) is 3.73. The van der Waals surface area contributed by atoms with Crippen molar-refractivity contribution in [1.82, 2.24) is 0 Å². The van der Waals surface area contributed by atoms with Crippen molar-refractivity contribution >= 4 is 62.6 Å². The van der Waals surface area contributed by atoms with E-state index in [2.05, 4.69) is 61.1 Å². The van der Waals surface area contributed by atoms with Crippen molar-refractivity contribution in [2.24, 2.45) is 10.9 Å². The standard InChI is InChI=1S/C49H50N3O5S3/c1-30-16-40-41(50-25-38-20-35-10-6-7-12-42(35)52(38)48(40)54)24-43(30)56-26-31-17-32(19-33(18-31)28-59-29-49(2,3)60-58-5)27-57-45-22-34-13-14-36-21-37-11-8-9-15-51(37)46(36)47(53)39(34)23-44(45)55-4/h6-12,15-19,22-25,36,38,46H,13-14,20-21,26-29H2,1-5H3/q+1/t36-,38+,46?/m1/s1. The van der Waals surface area contributed by atoms with Gasteiger partial charge in [0.1, 0.15) is 19.0 Å². The molecular formula is C49H50N3O5S3+. The maximum absolute atomic E-state index is 14.1. The van der Waals surface area contributed by atoms with Gasteiger partial charge in [-0.25, -0.2) is 0 Å². The van der Waals surface area contributed by atoms with Gasteiger partial charge < -0.3 is 14.2 Å². The van der Waals surface area contributed by atoms with Crippen LogP contribution in [0.3, 0.4) is 0 Å². The lowest BCUT2D eigenvalue weighted by Crippen LogP contribution is -2.43. The van der Waals surface area contributed by atoms with Crippen molar-refractivity contribution < 1.29 is 28.4 Å². The Labute approximate surface area is 364 Å². The molecule has 0 fully saturated rings. The molecule has 5 aromatic rings. The molecule has 1 aliphatic carbocycles. The van der Waals surface area contributed by atoms with E-state index in [4.69, 9.17) is 19.2 Å². The predicted octanol–water partition coefficient (Wildman–Crippen LogP) is 10.3. The lowest BCUT2D eigenvalue weighted by Gasteiger charge is -2.22. The number of aryl methyl sites for hydroxylation is 2. The number of methoxy groups -OCH3 is 1. The first kappa shape index (κ1) is 40.7. The Morgan fingerprint density at radius 1 is 0.850 bits per heavy atom. The number of aliphatic imine (C=N–C) groups is 1. The smallest absolute Gasteiger partial charge is 0.261 e. The van der Waals surface area contributed by atoms with Crippen LogP contribution in [0.15, 0.2) is 96.1 Å². The summed E-state index contributed by atoms with van der Waals surface area (Å²) in [6.45, 7) is 7.23. The van der Waals surface area contributed by atoms with E-state index in [9.17, 15) is 9.59 Å². The second-order valence-electron chi connectivity index (χ2n) is 16.8. The van der Waals surface area contributed by atoms with E-state index in [-0.39, 0.29) is 34.4 Å². The normalized spacial score (nSPS) is 18.8. The van der Waals surface area contributed by atoms with Crippen molar-refractivity contribution in [1.29, 1.82) is 0 Å². The Morgan fingerprint density at radius 2 is 1.62 bits per heavy atom. The number of benzene rings is 4. The molecule has 8 nitrogen and oxygen atoms in total. The molecule has 3 atom stereocenters. The number of amides is 1. The van der Waals surface area contributed by atoms with Gasteiger partial charge in [-0.05, 0) is 104 Å². The highest BCUT2D eigenvalue weighted by atomic mass is 33.1. The molecule has 0 N–H and O–H groups in total. The van der Waals surface area contributed by atoms with Crippen LogP contribution in [0.4, 0.5) is 11.4 Å². The predicted molar refractivity (Wildman–Crippen MR) is 245 cm³/mol. The van der Waals surface area contributed by atoms with E-state index >= 15 is 0 Å². The Balaban J connectivity index is 0.951. The molecule has 1 amide bonds. The van der Waals surface area contributed by atoms with E-state index in [0.717, 1.165) is 76.3 Å². The molecule has 0 saturated heterocycles. The van der Waals surface area contributed by atoms with Crippen LogP contribution in [0, 0.1) is 12.8 Å². The average molecular weight is 857 g/mol. The quantitative estimate of drug-likeness (QED) is 0.0856. The van der Waals surface area contributed by atoms with E-state index in [1.165, 1.54) is 11.3 Å². The molecule has 1 unspecified atom stereocenters. The zero-order chi connectivity index (χ0) is 41.5. The molecule has 0 spiro atoms. The fraction of sp³-hybridized carbons (Fsp3) is 0.347. The van der Waals surface area contributed by atoms with Crippen LogP contribution in [0.1, 0.15) is 86.1 Å². The number of thioether (sulfide) groups is 1. The highest BCUT2D eigenvalue weighted by Gasteiger charge is 2.47. The van der Waals surface area contributed by atoms with Crippen LogP contribution in [0.5, 0.6) is 17.2 Å². The lowest BCUT2D eigenvalue weighted by atomic mass is 9.93. The van der Waals surface area contributed by atoms with Crippen LogP contribution in [-0.4, -0.2) is 47.8 Å². The highest BCUT2D eigenvalue weighted by molar-refractivity contribution is 8.77. The number of aromatic nitrogens is 1. The monoisotopic (exact) mass is 856 g/mol. The molecular weight excluding hydrogens is 807 g/mol. The van der Waals surface area contributed by atoms with Crippen molar-refractivity contribution in [3.63, 3.8) is 0 Å². The maximum Gasteiger partial charge on any atom is 0.261 e. The van der Waals surface area contributed by atoms with Gasteiger partial charge in [0.05, 0.1) is 24.4 Å². The summed E-state index contributed by atoms with van der Waals surface area (Å²) < 4.78 is 21.3. The second kappa shape index (κ2) is 17.0. The first-order chi connectivity index (χ1) is 29.1. The number of rotatable bonds is 13. The van der Waals surface area contributed by atoms with Crippen molar-refractivity contribution in [3.8, 4) is 17.2 Å². The molecule has 3 aliphatic heterocycles. The Bertz CT molecular complexity index is 2520. The molecule has 60 heavy (non-hydrogen) atoms. The van der Waals surface area contributed by atoms with Gasteiger partial charge in [-0.3, -0.25) is 19.5 Å². The summed E-state index contributed by atoms with van der Waals surface area (Å²) in [4.78, 5) is 34.7. The largest absolute Gasteiger partial charge is 0.493 e. The number of hydrogen-bond donors (Lipinski definition) is 0. The van der Waals surface area contributed by atoms with Gasteiger partial charge in [-0.15, -0.1) is 0 Å². The Hall–Kier alpha value is -4.71. The summed E-state index contributed by atoms with van der Waals surface area (Å²) >= 11 is 1.93. The van der Waals surface area contributed by atoms with Gasteiger partial charge in [-0.2, -0.15) is 16.3 Å². The van der Waals surface area contributed by atoms with E-state index < -0.39 is 0 Å². The maximum atomic E-state index is 14.1. The number of ether oxygens (including phenoxy) is 3. The fourth-order valence-electron chi connectivity index (χ4n) is 9.23. The fourth-order valence-corrected chi connectivity index (χ4v) is 12.9. The zero-order valence-electron chi connectivity index (χ0n) is 34.7. The topological polar surface area (TPSA) is 81.3 Å². The van der Waals surface area contributed by atoms with Crippen LogP contribution in [-0.2, 0) is 38.2 Å². The Kier molecular flexibility index (Phi) is 11.5. The molecule has 0 radical (unpaired) electrons. The summed E-state index contributed by atoms with van der Waals surface area (Å²) in [5, 5.41) is 0. The van der Waals surface area contributed by atoms with Gasteiger partial charge in [0.25, 0.3) is 5.91 Å². The molecule has 9 rings (SSSR count). The summed E-state index contributed by atoms with van der Waals surface area (Å²) in [6, 6.07) is 28.3. The van der Waals surface area contributed by atoms with Gasteiger partial charge in [0.15, 0.2) is 23.4 Å². The number of pyridine rings is 1. The van der Waals surface area contributed by atoms with E-state index in [1.54, 1.807) is 17.9 Å². The molecule has 0 bridgehead atoms. The third-order valence-electron chi connectivity index (χ3n) is 12.0. The number of anilines is 1. The number of para-hydroxylation sites is 1. The van der Waals surface area contributed by atoms with Gasteiger partial charge in [0.2, 0.25) is 11.8 Å². The van der Waals surface area contributed by atoms with E-state index in [1.807, 2.05) is 95.3 Å². The SMILES string of the molecule is COc1cc2c(cc1OCc1cc(COc3cc4c(cc3C)C(=O)N3c5ccccc5C[C@H]3C=N4)cc(CSCC(C)(C)SSC)c1)CC[C@@H]1Cc3cccc[n+]3C1C2=O. The minimum absolute atomic E-state index is 0.0360. The minimum atomic E-state index is -0.189. The molecule has 11 heteroatoms. The van der Waals surface area contributed by atoms with Crippen LogP contribution in [0.2, 0.25) is 0 Å². The van der Waals surface area contributed by atoms with Crippen molar-refractivity contribution in [3.05, 3.63) is 141 Å². The number of hydrogen-bond acceptors (Lipinski definition) is 9. The van der Waals surface area contributed by atoms with Crippen LogP contribution < -0.4 is 23.7 Å². The van der Waals surface area contributed by atoms with Gasteiger partial charge in [-0.1, -0.05) is 58.0 Å². The molecule has 4 heterocycles. The highest BCUT2D eigenvalue weighted by Crippen LogP contribution is 2.42. The van der Waals surface area contributed by atoms with Gasteiger partial charge >= 0.3 is 0 Å². The summed E-state index contributed by atoms with van der Waals surface area (Å²) in [7, 11) is 5.35. The number of carbonyl (C=O) groups excluding carboxylic acids is 2. The van der Waals surface area contributed by atoms with Crippen LogP contribution in [0.25, 0.3) is 0 Å². The zero-order valence-corrected chi connectivity index (χ0v) is 37.2. The first-order valence-electron chi connectivity index (χ1n) is 20.6. The van der Waals surface area contributed by atoms with Crippen LogP contribution >= 0.6 is 33.3 Å². The second-order valence-corrected chi connectivity index (χ2v) is 20.9. The number of nitrogens with zero attached hydrogens (tertiary/aromatic N) is 3. The summed E-state index contributed by atoms with van der Waals surface area (Å²) in [6.07, 6.45) is 9.48. The molecule has 4 aliphatic rings. The van der Waals surface area contributed by atoms with E-state index in [0.29, 0.717) is 41.7 Å². The minimum Gasteiger partial charge on any atom is -0.493 e. The number of ketones is 1. The van der Waals surface area contributed by atoms with Crippen molar-refractivity contribution in [2.45, 2.75) is 82.3 Å². The summed E-state index contributed by atoms with van der Waals surface area (Å²) in [5.41, 5.74) is 10.4. The van der Waals surface area contributed by atoms with Crippen molar-refractivity contribution in [2.75, 3.05) is 24.0 Å². The Morgan fingerprint density at radius 3 is 2.42 bits per heavy atom.